The second-order valence-electron chi connectivity index (χ2n) is 7.44. The normalized spacial score (nSPS) is 12.1. The minimum absolute atomic E-state index is 0.0675. The fourth-order valence-electron chi connectivity index (χ4n) is 2.75. The molecular weight excluding hydrogens is 508 g/mol. The zero-order valence-corrected chi connectivity index (χ0v) is 19.0. The third-order valence-corrected chi connectivity index (χ3v) is 4.65. The molecule has 2 unspecified atom stereocenters. The van der Waals surface area contributed by atoms with Gasteiger partial charge in [0.05, 0.1) is 17.9 Å². The van der Waals surface area contributed by atoms with Gasteiger partial charge < -0.3 is 25.8 Å². The number of hydrogen-bond donors (Lipinski definition) is 4. The van der Waals surface area contributed by atoms with Crippen LogP contribution in [0.1, 0.15) is 19.8 Å². The van der Waals surface area contributed by atoms with Crippen LogP contribution in [0.3, 0.4) is 0 Å². The van der Waals surface area contributed by atoms with Crippen LogP contribution in [0.15, 0.2) is 30.6 Å². The topological polar surface area (TPSA) is 164 Å². The first kappa shape index (κ1) is 28.7. The van der Waals surface area contributed by atoms with E-state index in [1.807, 2.05) is 0 Å². The molecule has 11 nitrogen and oxygen atoms in total. The summed E-state index contributed by atoms with van der Waals surface area (Å²) < 4.78 is 58.7. The van der Waals surface area contributed by atoms with Gasteiger partial charge in [-0.3, -0.25) is 29.0 Å². The average Bonchev–Trinajstić information content (AvgIpc) is 2.85. The first-order chi connectivity index (χ1) is 17.4. The van der Waals surface area contributed by atoms with Gasteiger partial charge in [-0.1, -0.05) is 0 Å². The van der Waals surface area contributed by atoms with Gasteiger partial charge >= 0.3 is 17.8 Å². The first-order valence-electron chi connectivity index (χ1n) is 10.4. The van der Waals surface area contributed by atoms with Crippen LogP contribution in [0.5, 0.6) is 5.75 Å². The highest BCUT2D eigenvalue weighted by Gasteiger charge is 2.28. The lowest BCUT2D eigenvalue weighted by Gasteiger charge is -2.20. The lowest BCUT2D eigenvalue weighted by molar-refractivity contribution is -0.139. The molecule has 0 saturated heterocycles. The molecular formula is C22H20F4N4O7. The van der Waals surface area contributed by atoms with Crippen molar-refractivity contribution in [2.45, 2.75) is 31.8 Å². The summed E-state index contributed by atoms with van der Waals surface area (Å²) in [6.45, 7) is -0.0460. The maximum absolute atomic E-state index is 13.7. The van der Waals surface area contributed by atoms with Crippen LogP contribution in [-0.4, -0.2) is 58.3 Å². The van der Waals surface area contributed by atoms with Gasteiger partial charge in [-0.2, -0.15) is 8.78 Å². The number of ether oxygens (including phenoxy) is 1. The van der Waals surface area contributed by atoms with Crippen LogP contribution in [0, 0.1) is 23.3 Å². The van der Waals surface area contributed by atoms with Crippen molar-refractivity contribution in [2.75, 3.05) is 11.9 Å². The van der Waals surface area contributed by atoms with Gasteiger partial charge in [0.15, 0.2) is 23.2 Å². The molecule has 37 heavy (non-hydrogen) atoms. The van der Waals surface area contributed by atoms with Gasteiger partial charge in [-0.05, 0) is 25.5 Å². The molecule has 0 aliphatic carbocycles. The standard InChI is InChI=1S/C22H20F4N4O7/c1-10(28-21(35)22(36)29-11-3-2-6-27-8-11)20(34)30-14(4-5-16(32)33)15(31)9-37-19-17(25)12(23)7-13(24)18(19)26/h2-3,6-8,10,14H,4-5,9H2,1H3,(H,28,35)(H,29,36)(H,30,34)(H,32,33). The molecule has 0 aliphatic heterocycles. The zero-order chi connectivity index (χ0) is 27.7. The number of nitrogens with zero attached hydrogens (tertiary/aromatic N) is 1. The molecule has 0 spiro atoms. The van der Waals surface area contributed by atoms with Crippen LogP contribution < -0.4 is 20.7 Å². The quantitative estimate of drug-likeness (QED) is 0.191. The Morgan fingerprint density at radius 1 is 1.03 bits per heavy atom. The average molecular weight is 528 g/mol. The number of hydrogen-bond acceptors (Lipinski definition) is 7. The molecule has 2 atom stereocenters. The molecule has 15 heteroatoms. The lowest BCUT2D eigenvalue weighted by atomic mass is 10.1. The van der Waals surface area contributed by atoms with Crippen LogP contribution in [0.2, 0.25) is 0 Å². The van der Waals surface area contributed by atoms with E-state index in [9.17, 15) is 41.5 Å². The van der Waals surface area contributed by atoms with Crippen LogP contribution in [0.4, 0.5) is 23.2 Å². The summed E-state index contributed by atoms with van der Waals surface area (Å²) >= 11 is 0. The number of ketones is 1. The number of aliphatic carboxylic acids is 1. The monoisotopic (exact) mass is 528 g/mol. The third kappa shape index (κ3) is 8.26. The summed E-state index contributed by atoms with van der Waals surface area (Å²) in [4.78, 5) is 63.6. The molecule has 4 N–H and O–H groups in total. The smallest absolute Gasteiger partial charge is 0.313 e. The highest BCUT2D eigenvalue weighted by Crippen LogP contribution is 2.26. The largest absolute Gasteiger partial charge is 0.481 e. The predicted octanol–water partition coefficient (Wildman–Crippen LogP) is 1.08. The van der Waals surface area contributed by atoms with Gasteiger partial charge in [0.1, 0.15) is 12.6 Å². The van der Waals surface area contributed by atoms with Crippen molar-refractivity contribution in [3.05, 3.63) is 53.9 Å². The van der Waals surface area contributed by atoms with E-state index in [1.165, 1.54) is 24.5 Å². The number of carbonyl (C=O) groups is 5. The van der Waals surface area contributed by atoms with Crippen molar-refractivity contribution in [3.8, 4) is 5.75 Å². The molecule has 0 fully saturated rings. The molecule has 0 aliphatic rings. The van der Waals surface area contributed by atoms with E-state index < -0.39 is 90.0 Å². The maximum Gasteiger partial charge on any atom is 0.313 e. The van der Waals surface area contributed by atoms with E-state index in [-0.39, 0.29) is 11.8 Å². The third-order valence-electron chi connectivity index (χ3n) is 4.65. The Morgan fingerprint density at radius 2 is 1.68 bits per heavy atom. The minimum atomic E-state index is -1.90. The Balaban J connectivity index is 2.03. The molecule has 1 heterocycles. The number of carbonyl (C=O) groups excluding carboxylic acids is 4. The van der Waals surface area contributed by atoms with Crippen LogP contribution in [-0.2, 0) is 24.0 Å². The SMILES string of the molecule is CC(NC(=O)C(=O)Nc1cccnc1)C(=O)NC(CCC(=O)O)C(=O)COc1c(F)c(F)cc(F)c1F. The van der Waals surface area contributed by atoms with Crippen LogP contribution >= 0.6 is 0 Å². The summed E-state index contributed by atoms with van der Waals surface area (Å²) in [5, 5.41) is 15.3. The van der Waals surface area contributed by atoms with Gasteiger partial charge in [0.2, 0.25) is 17.5 Å². The second-order valence-corrected chi connectivity index (χ2v) is 7.44. The Morgan fingerprint density at radius 3 is 2.24 bits per heavy atom. The molecule has 2 aromatic rings. The Kier molecular flexibility index (Phi) is 10.0. The number of rotatable bonds is 11. The molecule has 198 valence electrons. The summed E-state index contributed by atoms with van der Waals surface area (Å²) in [6, 6.07) is -0.126. The fourth-order valence-corrected chi connectivity index (χ4v) is 2.75. The van der Waals surface area contributed by atoms with Gasteiger partial charge in [0, 0.05) is 18.7 Å². The van der Waals surface area contributed by atoms with E-state index in [1.54, 1.807) is 0 Å². The minimum Gasteiger partial charge on any atom is -0.481 e. The molecule has 1 aromatic carbocycles. The van der Waals surface area contributed by atoms with Crippen molar-refractivity contribution in [1.82, 2.24) is 15.6 Å². The Bertz CT molecular complexity index is 1170. The van der Waals surface area contributed by atoms with E-state index in [0.717, 1.165) is 6.92 Å². The highest BCUT2D eigenvalue weighted by molar-refractivity contribution is 6.40. The first-order valence-corrected chi connectivity index (χ1v) is 10.4. The highest BCUT2D eigenvalue weighted by atomic mass is 19.2. The lowest BCUT2D eigenvalue weighted by Crippen LogP contribution is -2.52. The second kappa shape index (κ2) is 12.9. The molecule has 1 aromatic heterocycles. The number of nitrogens with one attached hydrogen (secondary N) is 3. The number of Topliss-reactive ketones (excluding diaryl/α,β-unsaturated/α-hetero) is 1. The molecule has 2 rings (SSSR count). The van der Waals surface area contributed by atoms with Crippen LogP contribution in [0.25, 0.3) is 0 Å². The van der Waals surface area contributed by atoms with Gasteiger partial charge in [0.25, 0.3) is 0 Å². The number of aromatic nitrogens is 1. The zero-order valence-electron chi connectivity index (χ0n) is 19.0. The number of carboxylic acids is 1. The molecule has 0 radical (unpaired) electrons. The fraction of sp³-hybridized carbons (Fsp3) is 0.273. The molecule has 0 bridgehead atoms. The van der Waals surface area contributed by atoms with Crippen molar-refractivity contribution in [2.24, 2.45) is 0 Å². The Labute approximate surface area is 206 Å². The van der Waals surface area contributed by atoms with E-state index in [0.29, 0.717) is 0 Å². The van der Waals surface area contributed by atoms with E-state index in [2.05, 4.69) is 25.7 Å². The Hall–Kier alpha value is -4.56. The molecule has 3 amide bonds. The van der Waals surface area contributed by atoms with Crippen molar-refractivity contribution in [3.63, 3.8) is 0 Å². The predicted molar refractivity (Wildman–Crippen MR) is 116 cm³/mol. The van der Waals surface area contributed by atoms with E-state index in [4.69, 9.17) is 5.11 Å². The summed E-state index contributed by atoms with van der Waals surface area (Å²) in [5.41, 5.74) is 0.199. The van der Waals surface area contributed by atoms with Gasteiger partial charge in [-0.15, -0.1) is 0 Å². The number of amides is 3. The summed E-state index contributed by atoms with van der Waals surface area (Å²) in [7, 11) is 0. The number of pyridine rings is 1. The van der Waals surface area contributed by atoms with E-state index >= 15 is 0 Å². The number of benzene rings is 1. The number of anilines is 1. The number of halogens is 4. The summed E-state index contributed by atoms with van der Waals surface area (Å²) in [6.07, 6.45) is 1.55. The molecule has 0 saturated carbocycles. The van der Waals surface area contributed by atoms with Gasteiger partial charge in [-0.25, -0.2) is 8.78 Å². The van der Waals surface area contributed by atoms with Crippen molar-refractivity contribution in [1.29, 1.82) is 0 Å². The number of carboxylic acid groups (broad SMARTS) is 1. The van der Waals surface area contributed by atoms with Crippen molar-refractivity contribution >= 4 is 35.2 Å². The summed E-state index contributed by atoms with van der Waals surface area (Å²) in [5.74, 6) is -14.7. The maximum atomic E-state index is 13.7. The van der Waals surface area contributed by atoms with Crippen molar-refractivity contribution < 1.29 is 51.4 Å².